The molecule has 0 aliphatic carbocycles. The van der Waals surface area contributed by atoms with Crippen molar-refractivity contribution >= 4 is 70.9 Å². The number of hydrogen-bond donors (Lipinski definition) is 13. The van der Waals surface area contributed by atoms with E-state index in [0.717, 1.165) is 43.4 Å². The molecular formula is C51H79N11O15. The number of hydrogen-bond acceptors (Lipinski definition) is 14. The molecule has 16 N–H and O–H groups in total. The number of fused-ring (bicyclic) bond motifs is 1. The molecule has 0 saturated carbocycles. The van der Waals surface area contributed by atoms with Gasteiger partial charge in [-0.15, -0.1) is 0 Å². The molecule has 1 aromatic rings. The second-order valence-corrected chi connectivity index (χ2v) is 20.2. The molecule has 3 rings (SSSR count). The first kappa shape index (κ1) is 63.9. The van der Waals surface area contributed by atoms with Crippen LogP contribution in [0.5, 0.6) is 5.75 Å². The summed E-state index contributed by atoms with van der Waals surface area (Å²) in [6.07, 6.45) is 5.37. The molecule has 0 radical (unpaired) electrons. The number of nitrogens with two attached hydrogens (primary N) is 3. The van der Waals surface area contributed by atoms with Gasteiger partial charge in [-0.3, -0.25) is 57.5 Å². The fraction of sp³-hybridized carbons (Fsp3) is 0.647. The number of rotatable bonds is 24. The summed E-state index contributed by atoms with van der Waals surface area (Å²) in [5.74, 6) is -12.7. The molecule has 26 nitrogen and oxygen atoms in total. The van der Waals surface area contributed by atoms with Gasteiger partial charge in [0.15, 0.2) is 0 Å². The van der Waals surface area contributed by atoms with Crippen molar-refractivity contribution in [1.82, 2.24) is 42.1 Å². The highest BCUT2D eigenvalue weighted by molar-refractivity contribution is 6.00. The molecule has 0 aromatic heterocycles. The van der Waals surface area contributed by atoms with Gasteiger partial charge in [0.2, 0.25) is 65.0 Å². The Hall–Kier alpha value is -7.38. The lowest BCUT2D eigenvalue weighted by molar-refractivity contribution is -0.143. The number of amides is 11. The van der Waals surface area contributed by atoms with Crippen molar-refractivity contribution in [2.75, 3.05) is 13.2 Å². The van der Waals surface area contributed by atoms with Crippen LogP contribution in [0.25, 0.3) is 0 Å². The van der Waals surface area contributed by atoms with Crippen molar-refractivity contribution in [3.05, 3.63) is 29.8 Å². The standard InChI is InChI=1S/C51H79N11O15/c1-29(2)13-10-8-6-4-3-5-7-9-11-14-31-24-43(68)56-37(27-44(69)70)48(74)58-34(23-30-16-18-32(64)19-17-30)46(72)59-36(26-42(54)67)47(73)57-33(20-21-40(52)65)51(77)62-22-12-15-39(62)50(76)61-38(28-63)49(75)60-35(25-41(53)66)45(71)55-31/h16-19,29,31,33-39,63-64H,3-15,20-28H2,1-2H3,(H2,52,65)(H2,53,66)(H2,54,67)(H,55,71)(H,56,68)(H,57,73)(H,58,74)(H,59,72)(H,60,75)(H,61,76)(H,69,70). The van der Waals surface area contributed by atoms with E-state index in [9.17, 15) is 72.9 Å². The first-order chi connectivity index (χ1) is 36.5. The van der Waals surface area contributed by atoms with E-state index in [0.29, 0.717) is 24.3 Å². The van der Waals surface area contributed by atoms with Crippen LogP contribution in [0.15, 0.2) is 24.3 Å². The molecule has 428 valence electrons. The largest absolute Gasteiger partial charge is 0.508 e. The zero-order valence-corrected chi connectivity index (χ0v) is 44.0. The van der Waals surface area contributed by atoms with E-state index in [1.807, 2.05) is 0 Å². The molecule has 2 saturated heterocycles. The predicted molar refractivity (Wildman–Crippen MR) is 276 cm³/mol. The van der Waals surface area contributed by atoms with Crippen LogP contribution in [0.3, 0.4) is 0 Å². The fourth-order valence-corrected chi connectivity index (χ4v) is 9.07. The lowest BCUT2D eigenvalue weighted by atomic mass is 10.0. The molecule has 2 fully saturated rings. The van der Waals surface area contributed by atoms with Crippen molar-refractivity contribution in [3.8, 4) is 5.75 Å². The van der Waals surface area contributed by atoms with Crippen LogP contribution in [-0.2, 0) is 64.0 Å². The van der Waals surface area contributed by atoms with Gasteiger partial charge >= 0.3 is 5.97 Å². The van der Waals surface area contributed by atoms with E-state index in [-0.39, 0.29) is 38.0 Å². The molecule has 8 unspecified atom stereocenters. The number of carbonyl (C=O) groups is 12. The molecule has 0 spiro atoms. The van der Waals surface area contributed by atoms with Crippen LogP contribution >= 0.6 is 0 Å². The van der Waals surface area contributed by atoms with Gasteiger partial charge < -0.3 is 74.6 Å². The van der Waals surface area contributed by atoms with Gasteiger partial charge in [0.1, 0.15) is 48.0 Å². The minimum atomic E-state index is -1.88. The SMILES string of the molecule is CC(C)CCCCCCCCCCCC1CC(=O)NC(CC(=O)O)C(=O)NC(Cc2ccc(O)cc2)C(=O)NC(CC(N)=O)C(=O)NC(CCC(N)=O)C(=O)N2CCCC2C(=O)NC(CO)C(=O)NC(CC(N)=O)C(=O)N1. The van der Waals surface area contributed by atoms with E-state index in [1.54, 1.807) is 0 Å². The van der Waals surface area contributed by atoms with Crippen LogP contribution in [0.4, 0.5) is 0 Å². The Morgan fingerprint density at radius 2 is 1.06 bits per heavy atom. The van der Waals surface area contributed by atoms with Gasteiger partial charge in [0.05, 0.1) is 25.9 Å². The second-order valence-electron chi connectivity index (χ2n) is 20.2. The zero-order valence-electron chi connectivity index (χ0n) is 44.0. The molecule has 2 heterocycles. The second kappa shape index (κ2) is 32.9. The third-order valence-corrected chi connectivity index (χ3v) is 13.2. The molecule has 2 aliphatic rings. The van der Waals surface area contributed by atoms with Crippen molar-refractivity contribution in [1.29, 1.82) is 0 Å². The van der Waals surface area contributed by atoms with E-state index in [1.165, 1.54) is 37.1 Å². The predicted octanol–water partition coefficient (Wildman–Crippen LogP) is -1.85. The molecular weight excluding hydrogens is 1010 g/mol. The average Bonchev–Trinajstić information content (AvgIpc) is 3.85. The van der Waals surface area contributed by atoms with E-state index in [4.69, 9.17) is 17.2 Å². The number of nitrogens with one attached hydrogen (secondary N) is 7. The van der Waals surface area contributed by atoms with Gasteiger partial charge in [-0.25, -0.2) is 0 Å². The highest BCUT2D eigenvalue weighted by Crippen LogP contribution is 2.21. The van der Waals surface area contributed by atoms with Gasteiger partial charge in [-0.05, 0) is 49.3 Å². The summed E-state index contributed by atoms with van der Waals surface area (Å²) < 4.78 is 0. The lowest BCUT2D eigenvalue weighted by Crippen LogP contribution is -2.60. The summed E-state index contributed by atoms with van der Waals surface area (Å²) in [5, 5.41) is 46.9. The fourth-order valence-electron chi connectivity index (χ4n) is 9.07. The molecule has 11 amide bonds. The Kier molecular flexibility index (Phi) is 27.3. The molecule has 2 aliphatic heterocycles. The van der Waals surface area contributed by atoms with Crippen LogP contribution in [0.1, 0.15) is 141 Å². The molecule has 26 heteroatoms. The molecule has 8 atom stereocenters. The third-order valence-electron chi connectivity index (χ3n) is 13.2. The molecule has 0 bridgehead atoms. The highest BCUT2D eigenvalue weighted by Gasteiger charge is 2.41. The number of unbranched alkanes of at least 4 members (excludes halogenated alkanes) is 8. The van der Waals surface area contributed by atoms with Crippen molar-refractivity contribution in [2.45, 2.75) is 191 Å². The number of carbonyl (C=O) groups excluding carboxylic acids is 11. The number of aliphatic hydroxyl groups is 1. The van der Waals surface area contributed by atoms with Crippen molar-refractivity contribution in [3.63, 3.8) is 0 Å². The Balaban J connectivity index is 2.09. The molecule has 1 aromatic carbocycles. The van der Waals surface area contributed by atoms with Crippen LogP contribution < -0.4 is 54.4 Å². The van der Waals surface area contributed by atoms with E-state index in [2.05, 4.69) is 51.1 Å². The quantitative estimate of drug-likeness (QED) is 0.0506. The summed E-state index contributed by atoms with van der Waals surface area (Å²) in [7, 11) is 0. The van der Waals surface area contributed by atoms with Gasteiger partial charge in [0.25, 0.3) is 0 Å². The number of benzene rings is 1. The number of carboxylic acids is 1. The number of carboxylic acid groups (broad SMARTS) is 1. The normalized spacial score (nSPS) is 23.7. The van der Waals surface area contributed by atoms with Crippen molar-refractivity contribution in [2.24, 2.45) is 23.1 Å². The maximum Gasteiger partial charge on any atom is 0.305 e. The Labute approximate surface area is 447 Å². The highest BCUT2D eigenvalue weighted by atomic mass is 16.4. The summed E-state index contributed by atoms with van der Waals surface area (Å²) in [5.41, 5.74) is 16.7. The van der Waals surface area contributed by atoms with E-state index < -0.39 is 164 Å². The van der Waals surface area contributed by atoms with Gasteiger partial charge in [-0.2, -0.15) is 0 Å². The van der Waals surface area contributed by atoms with Crippen molar-refractivity contribution < 1.29 is 72.9 Å². The average molecular weight is 1090 g/mol. The summed E-state index contributed by atoms with van der Waals surface area (Å²) >= 11 is 0. The topological polar surface area (TPSA) is 431 Å². The lowest BCUT2D eigenvalue weighted by Gasteiger charge is -2.30. The number of aliphatic hydroxyl groups excluding tert-OH is 1. The number of aliphatic carboxylic acids is 1. The zero-order chi connectivity index (χ0) is 57.2. The smallest absolute Gasteiger partial charge is 0.305 e. The van der Waals surface area contributed by atoms with Gasteiger partial charge in [-0.1, -0.05) is 90.2 Å². The summed E-state index contributed by atoms with van der Waals surface area (Å²) in [6.45, 7) is 3.25. The maximum atomic E-state index is 14.3. The molecule has 77 heavy (non-hydrogen) atoms. The first-order valence-corrected chi connectivity index (χ1v) is 26.3. The number of phenols is 1. The summed E-state index contributed by atoms with van der Waals surface area (Å²) in [6, 6.07) is -7.69. The Morgan fingerprint density at radius 1 is 0.584 bits per heavy atom. The number of nitrogens with zero attached hydrogens (tertiary/aromatic N) is 1. The summed E-state index contributed by atoms with van der Waals surface area (Å²) in [4.78, 5) is 162. The first-order valence-electron chi connectivity index (χ1n) is 26.3. The number of primary amides is 3. The minimum Gasteiger partial charge on any atom is -0.508 e. The van der Waals surface area contributed by atoms with Crippen LogP contribution in [-0.4, -0.2) is 153 Å². The maximum absolute atomic E-state index is 14.3. The van der Waals surface area contributed by atoms with E-state index >= 15 is 0 Å². The monoisotopic (exact) mass is 1090 g/mol. The minimum absolute atomic E-state index is 0.00981. The Bertz CT molecular complexity index is 2230. The van der Waals surface area contributed by atoms with Crippen LogP contribution in [0, 0.1) is 5.92 Å². The Morgan fingerprint density at radius 3 is 1.60 bits per heavy atom. The third kappa shape index (κ3) is 23.6. The number of phenolic OH excluding ortho intramolecular Hbond substituents is 1. The number of aromatic hydroxyl groups is 1. The van der Waals surface area contributed by atoms with Gasteiger partial charge in [0, 0.05) is 31.8 Å². The van der Waals surface area contributed by atoms with Crippen LogP contribution in [0.2, 0.25) is 0 Å².